The molecule has 0 heterocycles. The molecule has 1 amide bonds. The van der Waals surface area contributed by atoms with Crippen LogP contribution in [0.4, 0.5) is 18.9 Å². The van der Waals surface area contributed by atoms with Crippen LogP contribution in [-0.4, -0.2) is 18.0 Å². The SMILES string of the molecule is CCc1ccc(NC(=O)[C@H](C)OC(=O)Cc2cccc(C(F)(F)F)c2)cc1. The predicted molar refractivity (Wildman–Crippen MR) is 95.2 cm³/mol. The highest BCUT2D eigenvalue weighted by Gasteiger charge is 2.30. The first kappa shape index (κ1) is 20.5. The Hall–Kier alpha value is -2.83. The summed E-state index contributed by atoms with van der Waals surface area (Å²) in [6.07, 6.45) is -5.04. The highest BCUT2D eigenvalue weighted by Crippen LogP contribution is 2.29. The zero-order valence-electron chi connectivity index (χ0n) is 15.0. The van der Waals surface area contributed by atoms with Gasteiger partial charge in [0, 0.05) is 5.69 Å². The number of alkyl halides is 3. The second-order valence-corrected chi connectivity index (χ2v) is 6.05. The van der Waals surface area contributed by atoms with E-state index in [4.69, 9.17) is 4.74 Å². The van der Waals surface area contributed by atoms with E-state index in [2.05, 4.69) is 5.32 Å². The summed E-state index contributed by atoms with van der Waals surface area (Å²) in [5.41, 5.74) is 1.01. The molecular formula is C20H20F3NO3. The van der Waals surface area contributed by atoms with Gasteiger partial charge >= 0.3 is 12.1 Å². The van der Waals surface area contributed by atoms with Gasteiger partial charge < -0.3 is 10.1 Å². The molecule has 2 aromatic carbocycles. The Balaban J connectivity index is 1.91. The van der Waals surface area contributed by atoms with Gasteiger partial charge in [-0.15, -0.1) is 0 Å². The Morgan fingerprint density at radius 3 is 2.33 bits per heavy atom. The molecule has 144 valence electrons. The zero-order chi connectivity index (χ0) is 20.0. The van der Waals surface area contributed by atoms with Crippen LogP contribution in [0, 0.1) is 0 Å². The average molecular weight is 379 g/mol. The lowest BCUT2D eigenvalue weighted by molar-refractivity contribution is -0.152. The van der Waals surface area contributed by atoms with Crippen molar-refractivity contribution < 1.29 is 27.5 Å². The minimum Gasteiger partial charge on any atom is -0.452 e. The first-order chi connectivity index (χ1) is 12.7. The molecule has 0 radical (unpaired) electrons. The molecule has 0 spiro atoms. The van der Waals surface area contributed by atoms with Gasteiger partial charge in [0.1, 0.15) is 0 Å². The third kappa shape index (κ3) is 6.13. The first-order valence-corrected chi connectivity index (χ1v) is 8.44. The van der Waals surface area contributed by atoms with E-state index in [-0.39, 0.29) is 12.0 Å². The van der Waals surface area contributed by atoms with Gasteiger partial charge in [-0.05, 0) is 42.7 Å². The number of rotatable bonds is 6. The molecule has 2 rings (SSSR count). The molecule has 7 heteroatoms. The number of halogens is 3. The predicted octanol–water partition coefficient (Wildman–Crippen LogP) is 4.38. The Kier molecular flexibility index (Phi) is 6.60. The van der Waals surface area contributed by atoms with E-state index in [1.165, 1.54) is 19.1 Å². The molecule has 0 aliphatic carbocycles. The largest absolute Gasteiger partial charge is 0.452 e. The molecule has 0 aromatic heterocycles. The highest BCUT2D eigenvalue weighted by atomic mass is 19.4. The fourth-order valence-corrected chi connectivity index (χ4v) is 2.38. The van der Waals surface area contributed by atoms with Crippen molar-refractivity contribution in [1.29, 1.82) is 0 Å². The van der Waals surface area contributed by atoms with E-state index in [1.807, 2.05) is 19.1 Å². The molecule has 0 aliphatic heterocycles. The first-order valence-electron chi connectivity index (χ1n) is 8.44. The van der Waals surface area contributed by atoms with Crippen LogP contribution in [0.3, 0.4) is 0 Å². The lowest BCUT2D eigenvalue weighted by Gasteiger charge is -2.14. The van der Waals surface area contributed by atoms with Gasteiger partial charge in [0.05, 0.1) is 12.0 Å². The normalized spacial score (nSPS) is 12.3. The molecular weight excluding hydrogens is 359 g/mol. The van der Waals surface area contributed by atoms with Crippen molar-refractivity contribution >= 4 is 17.6 Å². The van der Waals surface area contributed by atoms with Crippen LogP contribution in [0.15, 0.2) is 48.5 Å². The monoisotopic (exact) mass is 379 g/mol. The van der Waals surface area contributed by atoms with Crippen LogP contribution in [-0.2, 0) is 33.3 Å². The number of nitrogens with one attached hydrogen (secondary N) is 1. The molecule has 0 fully saturated rings. The third-order valence-corrected chi connectivity index (χ3v) is 3.91. The maximum Gasteiger partial charge on any atom is 0.416 e. The smallest absolute Gasteiger partial charge is 0.416 e. The minimum absolute atomic E-state index is 0.164. The number of hydrogen-bond donors (Lipinski definition) is 1. The molecule has 4 nitrogen and oxygen atoms in total. The number of carbonyl (C=O) groups is 2. The van der Waals surface area contributed by atoms with E-state index >= 15 is 0 Å². The summed E-state index contributed by atoms with van der Waals surface area (Å²) in [5.74, 6) is -1.30. The number of benzene rings is 2. The molecule has 0 saturated heterocycles. The topological polar surface area (TPSA) is 55.4 Å². The third-order valence-electron chi connectivity index (χ3n) is 3.91. The van der Waals surface area contributed by atoms with Crippen molar-refractivity contribution in [3.8, 4) is 0 Å². The summed E-state index contributed by atoms with van der Waals surface area (Å²) in [7, 11) is 0. The summed E-state index contributed by atoms with van der Waals surface area (Å²) < 4.78 is 43.1. The van der Waals surface area contributed by atoms with Crippen molar-refractivity contribution in [1.82, 2.24) is 0 Å². The van der Waals surface area contributed by atoms with Gasteiger partial charge in [-0.2, -0.15) is 13.2 Å². The number of carbonyl (C=O) groups excluding carboxylic acids is 2. The van der Waals surface area contributed by atoms with Crippen molar-refractivity contribution in [3.63, 3.8) is 0 Å². The number of hydrogen-bond acceptors (Lipinski definition) is 3. The molecule has 1 N–H and O–H groups in total. The van der Waals surface area contributed by atoms with Crippen LogP contribution in [0.5, 0.6) is 0 Å². The molecule has 0 saturated carbocycles. The van der Waals surface area contributed by atoms with E-state index in [0.717, 1.165) is 24.1 Å². The van der Waals surface area contributed by atoms with Gasteiger partial charge in [-0.25, -0.2) is 0 Å². The Labute approximate surface area is 155 Å². The number of aryl methyl sites for hydroxylation is 1. The lowest BCUT2D eigenvalue weighted by atomic mass is 10.1. The minimum atomic E-state index is -4.49. The standard InChI is InChI=1S/C20H20F3NO3/c1-3-14-7-9-17(10-8-14)24-19(26)13(2)27-18(25)12-15-5-4-6-16(11-15)20(21,22)23/h4-11,13H,3,12H2,1-2H3,(H,24,26)/t13-/m0/s1. The molecule has 27 heavy (non-hydrogen) atoms. The highest BCUT2D eigenvalue weighted by molar-refractivity contribution is 5.95. The van der Waals surface area contributed by atoms with Crippen LogP contribution in [0.2, 0.25) is 0 Å². The number of esters is 1. The fourth-order valence-electron chi connectivity index (χ4n) is 2.38. The molecule has 0 bridgehead atoms. The van der Waals surface area contributed by atoms with Gasteiger partial charge in [0.2, 0.25) is 0 Å². The summed E-state index contributed by atoms with van der Waals surface area (Å²) >= 11 is 0. The van der Waals surface area contributed by atoms with Crippen LogP contribution in [0.25, 0.3) is 0 Å². The quantitative estimate of drug-likeness (QED) is 0.758. The number of ether oxygens (including phenoxy) is 1. The summed E-state index contributed by atoms with van der Waals surface area (Å²) in [4.78, 5) is 24.0. The summed E-state index contributed by atoms with van der Waals surface area (Å²) in [6, 6.07) is 11.7. The molecule has 0 unspecified atom stereocenters. The second kappa shape index (κ2) is 8.70. The van der Waals surface area contributed by atoms with Gasteiger partial charge in [-0.1, -0.05) is 37.3 Å². The van der Waals surface area contributed by atoms with Crippen LogP contribution < -0.4 is 5.32 Å². The van der Waals surface area contributed by atoms with E-state index in [9.17, 15) is 22.8 Å². The molecule has 0 aliphatic rings. The fraction of sp³-hybridized carbons (Fsp3) is 0.300. The van der Waals surface area contributed by atoms with Crippen LogP contribution >= 0.6 is 0 Å². The number of amides is 1. The lowest BCUT2D eigenvalue weighted by Crippen LogP contribution is -2.30. The van der Waals surface area contributed by atoms with Crippen molar-refractivity contribution in [2.45, 2.75) is 39.0 Å². The second-order valence-electron chi connectivity index (χ2n) is 6.05. The zero-order valence-corrected chi connectivity index (χ0v) is 15.0. The maximum absolute atomic E-state index is 12.7. The van der Waals surface area contributed by atoms with E-state index in [1.54, 1.807) is 12.1 Å². The number of anilines is 1. The molecule has 1 atom stereocenters. The Bertz CT molecular complexity index is 801. The maximum atomic E-state index is 12.7. The molecule has 2 aromatic rings. The van der Waals surface area contributed by atoms with Crippen LogP contribution in [0.1, 0.15) is 30.5 Å². The van der Waals surface area contributed by atoms with Gasteiger partial charge in [0.15, 0.2) is 6.10 Å². The Morgan fingerprint density at radius 1 is 1.07 bits per heavy atom. The van der Waals surface area contributed by atoms with Gasteiger partial charge in [-0.3, -0.25) is 9.59 Å². The van der Waals surface area contributed by atoms with E-state index in [0.29, 0.717) is 5.69 Å². The average Bonchev–Trinajstić information content (AvgIpc) is 2.61. The summed E-state index contributed by atoms with van der Waals surface area (Å²) in [6.45, 7) is 3.42. The Morgan fingerprint density at radius 2 is 1.74 bits per heavy atom. The summed E-state index contributed by atoms with van der Waals surface area (Å²) in [5, 5.41) is 2.63. The van der Waals surface area contributed by atoms with Crippen molar-refractivity contribution in [3.05, 3.63) is 65.2 Å². The van der Waals surface area contributed by atoms with Gasteiger partial charge in [0.25, 0.3) is 5.91 Å². The van der Waals surface area contributed by atoms with Crippen molar-refractivity contribution in [2.75, 3.05) is 5.32 Å². The van der Waals surface area contributed by atoms with Crippen molar-refractivity contribution in [2.24, 2.45) is 0 Å². The van der Waals surface area contributed by atoms with E-state index < -0.39 is 29.7 Å².